The Labute approximate surface area is 166 Å². The van der Waals surface area contributed by atoms with Crippen molar-refractivity contribution in [1.29, 1.82) is 0 Å². The Morgan fingerprint density at radius 1 is 1.11 bits per heavy atom. The van der Waals surface area contributed by atoms with Crippen molar-refractivity contribution in [3.63, 3.8) is 0 Å². The molecule has 0 spiro atoms. The lowest BCUT2D eigenvalue weighted by molar-refractivity contribution is -0.128. The molecule has 5 nitrogen and oxygen atoms in total. The third kappa shape index (κ3) is 5.01. The molecule has 144 valence electrons. The van der Waals surface area contributed by atoms with Crippen molar-refractivity contribution in [3.8, 4) is 0 Å². The Hall–Kier alpha value is -2.08. The van der Waals surface area contributed by atoms with Gasteiger partial charge < -0.3 is 9.80 Å². The van der Waals surface area contributed by atoms with E-state index in [0.717, 1.165) is 43.5 Å². The maximum Gasteiger partial charge on any atom is 0.233 e. The first-order valence-electron chi connectivity index (χ1n) is 9.51. The molecule has 1 amide bonds. The van der Waals surface area contributed by atoms with Crippen molar-refractivity contribution in [1.82, 2.24) is 14.9 Å². The number of anilines is 1. The summed E-state index contributed by atoms with van der Waals surface area (Å²) in [6.07, 6.45) is 0. The van der Waals surface area contributed by atoms with Crippen molar-refractivity contribution in [2.45, 2.75) is 38.5 Å². The fraction of sp³-hybridized carbons (Fsp3) is 0.476. The quantitative estimate of drug-likeness (QED) is 0.737. The predicted octanol–water partition coefficient (Wildman–Crippen LogP) is 3.66. The van der Waals surface area contributed by atoms with E-state index in [1.54, 1.807) is 11.8 Å². The normalized spacial score (nSPS) is 14.7. The van der Waals surface area contributed by atoms with Crippen molar-refractivity contribution in [2.75, 3.05) is 36.8 Å². The summed E-state index contributed by atoms with van der Waals surface area (Å²) < 4.78 is 0. The number of hydrogen-bond donors (Lipinski definition) is 0. The second kappa shape index (κ2) is 8.74. The molecule has 3 rings (SSSR count). The van der Waals surface area contributed by atoms with Crippen molar-refractivity contribution in [2.24, 2.45) is 0 Å². The maximum absolute atomic E-state index is 12.6. The van der Waals surface area contributed by atoms with Crippen molar-refractivity contribution < 1.29 is 4.79 Å². The van der Waals surface area contributed by atoms with E-state index in [2.05, 4.69) is 42.8 Å². The van der Waals surface area contributed by atoms with Gasteiger partial charge in [-0.05, 0) is 25.5 Å². The number of amides is 1. The largest absolute Gasteiger partial charge is 0.353 e. The van der Waals surface area contributed by atoms with Crippen LogP contribution in [0.1, 0.15) is 36.8 Å². The Morgan fingerprint density at radius 3 is 2.48 bits per heavy atom. The standard InChI is InChI=1S/C21H28N4OS/c1-15(2)21-22-17(4)13-19(23-21)24-9-11-25(12-10-24)20(26)14-27-18-8-6-5-7-16(18)3/h5-8,13,15H,9-12,14H2,1-4H3. The molecule has 0 atom stereocenters. The highest BCUT2D eigenvalue weighted by atomic mass is 32.2. The lowest BCUT2D eigenvalue weighted by atomic mass is 10.2. The highest BCUT2D eigenvalue weighted by Gasteiger charge is 2.22. The number of aryl methyl sites for hydroxylation is 2. The van der Waals surface area contributed by atoms with E-state index in [1.165, 1.54) is 10.5 Å². The number of aromatic nitrogens is 2. The fourth-order valence-electron chi connectivity index (χ4n) is 3.13. The van der Waals surface area contributed by atoms with Crippen LogP contribution in [0.4, 0.5) is 5.82 Å². The molecular weight excluding hydrogens is 356 g/mol. The smallest absolute Gasteiger partial charge is 0.233 e. The number of benzene rings is 1. The molecule has 1 fully saturated rings. The third-order valence-electron chi connectivity index (χ3n) is 4.78. The van der Waals surface area contributed by atoms with Gasteiger partial charge in [0.05, 0.1) is 5.75 Å². The first-order valence-corrected chi connectivity index (χ1v) is 10.5. The van der Waals surface area contributed by atoms with Crippen LogP contribution in [0.15, 0.2) is 35.2 Å². The second-order valence-corrected chi connectivity index (χ2v) is 8.32. The van der Waals surface area contributed by atoms with E-state index >= 15 is 0 Å². The molecule has 2 aromatic rings. The first kappa shape index (κ1) is 19.7. The lowest BCUT2D eigenvalue weighted by Gasteiger charge is -2.35. The number of nitrogens with zero attached hydrogens (tertiary/aromatic N) is 4. The molecule has 0 bridgehead atoms. The average Bonchev–Trinajstić information content (AvgIpc) is 2.66. The van der Waals surface area contributed by atoms with Gasteiger partial charge in [-0.2, -0.15) is 0 Å². The van der Waals surface area contributed by atoms with Crippen LogP contribution in [0, 0.1) is 13.8 Å². The molecule has 6 heteroatoms. The van der Waals surface area contributed by atoms with Gasteiger partial charge in [-0.15, -0.1) is 11.8 Å². The van der Waals surface area contributed by atoms with Crippen LogP contribution >= 0.6 is 11.8 Å². The van der Waals surface area contributed by atoms with E-state index in [-0.39, 0.29) is 5.91 Å². The van der Waals surface area contributed by atoms with Gasteiger partial charge in [-0.1, -0.05) is 32.0 Å². The Morgan fingerprint density at radius 2 is 1.81 bits per heavy atom. The molecule has 1 aromatic carbocycles. The maximum atomic E-state index is 12.6. The van der Waals surface area contributed by atoms with E-state index in [0.29, 0.717) is 11.7 Å². The number of thioether (sulfide) groups is 1. The molecule has 0 unspecified atom stereocenters. The Balaban J connectivity index is 1.55. The first-order chi connectivity index (χ1) is 12.9. The molecule has 0 N–H and O–H groups in total. The second-order valence-electron chi connectivity index (χ2n) is 7.30. The van der Waals surface area contributed by atoms with Crippen LogP contribution in [-0.2, 0) is 4.79 Å². The average molecular weight is 385 g/mol. The lowest BCUT2D eigenvalue weighted by Crippen LogP contribution is -2.49. The number of piperazine rings is 1. The summed E-state index contributed by atoms with van der Waals surface area (Å²) in [5, 5.41) is 0. The van der Waals surface area contributed by atoms with Gasteiger partial charge in [-0.3, -0.25) is 4.79 Å². The van der Waals surface area contributed by atoms with E-state index < -0.39 is 0 Å². The Kier molecular flexibility index (Phi) is 6.37. The van der Waals surface area contributed by atoms with Gasteiger partial charge in [0.1, 0.15) is 11.6 Å². The fourth-order valence-corrected chi connectivity index (χ4v) is 4.06. The molecule has 27 heavy (non-hydrogen) atoms. The number of carbonyl (C=O) groups is 1. The molecule has 1 aliphatic heterocycles. The van der Waals surface area contributed by atoms with Crippen LogP contribution in [0.2, 0.25) is 0 Å². The number of hydrogen-bond acceptors (Lipinski definition) is 5. The number of rotatable bonds is 5. The van der Waals surface area contributed by atoms with E-state index in [9.17, 15) is 4.79 Å². The van der Waals surface area contributed by atoms with Gasteiger partial charge in [0.15, 0.2) is 0 Å². The number of carbonyl (C=O) groups excluding carboxylic acids is 1. The SMILES string of the molecule is Cc1cc(N2CCN(C(=O)CSc3ccccc3C)CC2)nc(C(C)C)n1. The molecule has 2 heterocycles. The summed E-state index contributed by atoms with van der Waals surface area (Å²) in [7, 11) is 0. The minimum Gasteiger partial charge on any atom is -0.353 e. The molecular formula is C21H28N4OS. The van der Waals surface area contributed by atoms with Crippen LogP contribution in [0.25, 0.3) is 0 Å². The van der Waals surface area contributed by atoms with Gasteiger partial charge in [0.2, 0.25) is 5.91 Å². The summed E-state index contributed by atoms with van der Waals surface area (Å²) in [5.74, 6) is 2.88. The summed E-state index contributed by atoms with van der Waals surface area (Å²) in [6, 6.07) is 10.3. The van der Waals surface area contributed by atoms with Gasteiger partial charge in [0, 0.05) is 48.8 Å². The Bertz CT molecular complexity index is 801. The van der Waals surface area contributed by atoms with Crippen molar-refractivity contribution >= 4 is 23.5 Å². The molecule has 0 saturated carbocycles. The van der Waals surface area contributed by atoms with Gasteiger partial charge in [-0.25, -0.2) is 9.97 Å². The van der Waals surface area contributed by atoms with Gasteiger partial charge in [0.25, 0.3) is 0 Å². The summed E-state index contributed by atoms with van der Waals surface area (Å²) in [4.78, 5) is 27.2. The topological polar surface area (TPSA) is 49.3 Å². The minimum absolute atomic E-state index is 0.213. The predicted molar refractivity (Wildman–Crippen MR) is 112 cm³/mol. The van der Waals surface area contributed by atoms with Crippen LogP contribution in [-0.4, -0.2) is 52.7 Å². The highest BCUT2D eigenvalue weighted by molar-refractivity contribution is 8.00. The zero-order chi connectivity index (χ0) is 19.4. The molecule has 1 saturated heterocycles. The summed E-state index contributed by atoms with van der Waals surface area (Å²) >= 11 is 1.63. The highest BCUT2D eigenvalue weighted by Crippen LogP contribution is 2.23. The minimum atomic E-state index is 0.213. The third-order valence-corrected chi connectivity index (χ3v) is 5.94. The van der Waals surface area contributed by atoms with E-state index in [1.807, 2.05) is 30.0 Å². The van der Waals surface area contributed by atoms with Crippen LogP contribution in [0.5, 0.6) is 0 Å². The monoisotopic (exact) mass is 384 g/mol. The van der Waals surface area contributed by atoms with E-state index in [4.69, 9.17) is 4.98 Å². The van der Waals surface area contributed by atoms with Crippen LogP contribution in [0.3, 0.4) is 0 Å². The van der Waals surface area contributed by atoms with Crippen molar-refractivity contribution in [3.05, 3.63) is 47.4 Å². The van der Waals surface area contributed by atoms with Gasteiger partial charge >= 0.3 is 0 Å². The summed E-state index contributed by atoms with van der Waals surface area (Å²) in [6.45, 7) is 11.4. The molecule has 1 aromatic heterocycles. The molecule has 0 aliphatic carbocycles. The molecule has 1 aliphatic rings. The zero-order valence-electron chi connectivity index (χ0n) is 16.6. The zero-order valence-corrected chi connectivity index (χ0v) is 17.4. The summed E-state index contributed by atoms with van der Waals surface area (Å²) in [5.41, 5.74) is 2.22. The molecule has 0 radical (unpaired) electrons. The van der Waals surface area contributed by atoms with Crippen LogP contribution < -0.4 is 4.90 Å².